The molecule has 2 fully saturated rings. The molecule has 1 saturated carbocycles. The molecule has 0 aromatic carbocycles. The average molecular weight is 261 g/mol. The van der Waals surface area contributed by atoms with Crippen LogP contribution in [0.15, 0.2) is 12.7 Å². The fourth-order valence-electron chi connectivity index (χ4n) is 4.47. The molecule has 4 atom stereocenters. The first-order valence-corrected chi connectivity index (χ1v) is 7.11. The van der Waals surface area contributed by atoms with E-state index in [9.17, 15) is 10.2 Å². The lowest BCUT2D eigenvalue weighted by atomic mass is 9.89. The molecule has 4 rings (SSSR count). The lowest BCUT2D eigenvalue weighted by molar-refractivity contribution is 0.225. The maximum absolute atomic E-state index is 10.4. The van der Waals surface area contributed by atoms with Crippen molar-refractivity contribution in [2.24, 2.45) is 5.92 Å². The van der Waals surface area contributed by atoms with Gasteiger partial charge in [-0.3, -0.25) is 4.57 Å². The van der Waals surface area contributed by atoms with E-state index in [4.69, 9.17) is 4.74 Å². The first-order chi connectivity index (χ1) is 9.20. The molecule has 1 aromatic rings. The van der Waals surface area contributed by atoms with Gasteiger partial charge in [0, 0.05) is 29.5 Å². The molecule has 1 saturated heterocycles. The molecule has 2 aliphatic carbocycles. The van der Waals surface area contributed by atoms with Gasteiger partial charge in [0.15, 0.2) is 11.8 Å². The third-order valence-electron chi connectivity index (χ3n) is 5.08. The average Bonchev–Trinajstić information content (AvgIpc) is 3.00. The number of ether oxygens (including phenoxy) is 1. The van der Waals surface area contributed by atoms with Gasteiger partial charge < -0.3 is 14.9 Å². The fraction of sp³-hybridized carbons (Fsp3) is 0.600. The molecule has 3 aliphatic rings. The Hall–Kier alpha value is -1.42. The highest BCUT2D eigenvalue weighted by molar-refractivity contribution is 5.59. The van der Waals surface area contributed by atoms with Crippen molar-refractivity contribution < 1.29 is 14.9 Å². The monoisotopic (exact) mass is 261 g/mol. The Morgan fingerprint density at radius 2 is 1.79 bits per heavy atom. The maximum atomic E-state index is 10.4. The number of aromatic hydroxyl groups is 2. The van der Waals surface area contributed by atoms with Crippen LogP contribution in [-0.4, -0.2) is 27.0 Å². The van der Waals surface area contributed by atoms with Crippen molar-refractivity contribution in [3.8, 4) is 11.8 Å². The Balaban J connectivity index is 1.84. The third kappa shape index (κ3) is 1.18. The van der Waals surface area contributed by atoms with Crippen LogP contribution in [0.1, 0.15) is 42.7 Å². The molecule has 0 amide bonds. The normalized spacial score (nSPS) is 37.2. The Labute approximate surface area is 112 Å². The van der Waals surface area contributed by atoms with Gasteiger partial charge in [-0.25, -0.2) is 0 Å². The molecule has 19 heavy (non-hydrogen) atoms. The molecule has 102 valence electrons. The summed E-state index contributed by atoms with van der Waals surface area (Å²) >= 11 is 0. The number of nitrogens with zero attached hydrogens (tertiary/aromatic N) is 1. The van der Waals surface area contributed by atoms with E-state index in [0.717, 1.165) is 24.0 Å². The summed E-state index contributed by atoms with van der Waals surface area (Å²) in [4.78, 5) is 0. The lowest BCUT2D eigenvalue weighted by Crippen LogP contribution is -2.12. The molecular weight excluding hydrogens is 242 g/mol. The van der Waals surface area contributed by atoms with Crippen molar-refractivity contribution in [1.82, 2.24) is 4.57 Å². The molecule has 0 radical (unpaired) electrons. The minimum atomic E-state index is 0.218. The summed E-state index contributed by atoms with van der Waals surface area (Å²) in [6, 6.07) is 0. The number of hydrogen-bond acceptors (Lipinski definition) is 3. The second-order valence-electron chi connectivity index (χ2n) is 5.94. The Kier molecular flexibility index (Phi) is 2.14. The van der Waals surface area contributed by atoms with Gasteiger partial charge in [-0.15, -0.1) is 6.58 Å². The van der Waals surface area contributed by atoms with Crippen LogP contribution in [-0.2, 0) is 11.3 Å². The van der Waals surface area contributed by atoms with Gasteiger partial charge in [0.25, 0.3) is 0 Å². The first kappa shape index (κ1) is 11.4. The number of hydrogen-bond donors (Lipinski definition) is 2. The highest BCUT2D eigenvalue weighted by Gasteiger charge is 2.69. The van der Waals surface area contributed by atoms with Gasteiger partial charge in [0.1, 0.15) is 0 Å². The van der Waals surface area contributed by atoms with Crippen molar-refractivity contribution in [2.75, 3.05) is 0 Å². The van der Waals surface area contributed by atoms with E-state index < -0.39 is 0 Å². The quantitative estimate of drug-likeness (QED) is 0.646. The van der Waals surface area contributed by atoms with E-state index in [-0.39, 0.29) is 35.8 Å². The van der Waals surface area contributed by atoms with E-state index in [0.29, 0.717) is 12.5 Å². The van der Waals surface area contributed by atoms with Gasteiger partial charge >= 0.3 is 0 Å². The van der Waals surface area contributed by atoms with Crippen LogP contribution in [0.5, 0.6) is 11.8 Å². The second-order valence-corrected chi connectivity index (χ2v) is 5.94. The van der Waals surface area contributed by atoms with Crippen molar-refractivity contribution in [3.63, 3.8) is 0 Å². The van der Waals surface area contributed by atoms with E-state index in [2.05, 4.69) is 13.5 Å². The topological polar surface area (TPSA) is 57.9 Å². The van der Waals surface area contributed by atoms with Gasteiger partial charge in [0.2, 0.25) is 0 Å². The predicted molar refractivity (Wildman–Crippen MR) is 70.5 cm³/mol. The van der Waals surface area contributed by atoms with Crippen LogP contribution in [0.2, 0.25) is 0 Å². The van der Waals surface area contributed by atoms with Gasteiger partial charge in [-0.2, -0.15) is 0 Å². The standard InChI is InChI=1S/C15H19NO3/c1-3-5-7-8-10-11(9(7)13-12(8)19-13)15(18)16(6-4-2)14(10)17/h4,7-9,12-13,17-18H,2-3,5-6H2,1H3. The first-order valence-electron chi connectivity index (χ1n) is 7.11. The zero-order valence-electron chi connectivity index (χ0n) is 11.0. The van der Waals surface area contributed by atoms with Crippen molar-refractivity contribution in [3.05, 3.63) is 23.8 Å². The molecule has 0 spiro atoms. The molecule has 4 unspecified atom stereocenters. The third-order valence-corrected chi connectivity index (χ3v) is 5.08. The van der Waals surface area contributed by atoms with Crippen molar-refractivity contribution >= 4 is 0 Å². The van der Waals surface area contributed by atoms with Gasteiger partial charge in [0.05, 0.1) is 12.2 Å². The van der Waals surface area contributed by atoms with Crippen molar-refractivity contribution in [2.45, 2.75) is 50.4 Å². The summed E-state index contributed by atoms with van der Waals surface area (Å²) in [6.45, 7) is 6.31. The zero-order chi connectivity index (χ0) is 13.3. The highest BCUT2D eigenvalue weighted by atomic mass is 16.6. The zero-order valence-corrected chi connectivity index (χ0v) is 11.0. The number of allylic oxidation sites excluding steroid dienone is 1. The fourth-order valence-corrected chi connectivity index (χ4v) is 4.47. The van der Waals surface area contributed by atoms with Gasteiger partial charge in [-0.1, -0.05) is 19.4 Å². The molecule has 4 nitrogen and oxygen atoms in total. The number of rotatable bonds is 4. The Morgan fingerprint density at radius 1 is 1.21 bits per heavy atom. The van der Waals surface area contributed by atoms with Crippen LogP contribution in [0.3, 0.4) is 0 Å². The lowest BCUT2D eigenvalue weighted by Gasteiger charge is -2.19. The maximum Gasteiger partial charge on any atom is 0.198 e. The molecule has 4 heteroatoms. The van der Waals surface area contributed by atoms with E-state index in [1.54, 1.807) is 10.6 Å². The molecular formula is C15H19NO3. The molecule has 1 aliphatic heterocycles. The van der Waals surface area contributed by atoms with E-state index in [1.807, 2.05) is 0 Å². The van der Waals surface area contributed by atoms with Crippen LogP contribution >= 0.6 is 0 Å². The van der Waals surface area contributed by atoms with Crippen LogP contribution in [0.25, 0.3) is 0 Å². The summed E-state index contributed by atoms with van der Waals surface area (Å²) in [5.74, 6) is 1.53. The van der Waals surface area contributed by atoms with Gasteiger partial charge in [-0.05, 0) is 12.3 Å². The summed E-state index contributed by atoms with van der Waals surface area (Å²) < 4.78 is 7.28. The van der Waals surface area contributed by atoms with Crippen LogP contribution < -0.4 is 0 Å². The van der Waals surface area contributed by atoms with Crippen LogP contribution in [0.4, 0.5) is 0 Å². The van der Waals surface area contributed by atoms with E-state index >= 15 is 0 Å². The largest absolute Gasteiger partial charge is 0.494 e. The minimum Gasteiger partial charge on any atom is -0.494 e. The predicted octanol–water partition coefficient (Wildman–Crippen LogP) is 2.46. The molecule has 2 bridgehead atoms. The summed E-state index contributed by atoms with van der Waals surface area (Å²) in [7, 11) is 0. The van der Waals surface area contributed by atoms with Crippen LogP contribution in [0, 0.1) is 5.92 Å². The summed E-state index contributed by atoms with van der Waals surface area (Å²) in [5, 5.41) is 20.8. The van der Waals surface area contributed by atoms with E-state index in [1.165, 1.54) is 0 Å². The number of fused-ring (bicyclic) bond motifs is 8. The molecule has 1 aromatic heterocycles. The summed E-state index contributed by atoms with van der Waals surface area (Å²) in [6.07, 6.45) is 4.52. The second kappa shape index (κ2) is 3.57. The molecule has 2 N–H and O–H groups in total. The number of epoxide rings is 1. The SMILES string of the molecule is C=CCn1c(O)c2c(c1O)C1C(CCC)C2C2OC21. The summed E-state index contributed by atoms with van der Waals surface area (Å²) in [5.41, 5.74) is 1.89. The highest BCUT2D eigenvalue weighted by Crippen LogP contribution is 2.70. The number of aromatic nitrogens is 1. The Bertz CT molecular complexity index is 523. The molecule has 2 heterocycles. The Morgan fingerprint density at radius 3 is 2.26 bits per heavy atom. The van der Waals surface area contributed by atoms with Crippen molar-refractivity contribution in [1.29, 1.82) is 0 Å². The minimum absolute atomic E-state index is 0.218. The smallest absolute Gasteiger partial charge is 0.198 e.